The highest BCUT2D eigenvalue weighted by Gasteiger charge is 2.44. The van der Waals surface area contributed by atoms with Gasteiger partial charge in [-0.15, -0.1) is 0 Å². The lowest BCUT2D eigenvalue weighted by Gasteiger charge is -2.28. The van der Waals surface area contributed by atoms with Crippen LogP contribution in [0.15, 0.2) is 29.3 Å². The van der Waals surface area contributed by atoms with Gasteiger partial charge >= 0.3 is 6.18 Å². The third kappa shape index (κ3) is 2.85. The predicted octanol–water partition coefficient (Wildman–Crippen LogP) is 1.90. The van der Waals surface area contributed by atoms with E-state index in [1.165, 1.54) is 6.07 Å². The zero-order valence-electron chi connectivity index (χ0n) is 11.8. The molecule has 2 aliphatic heterocycles. The normalized spacial score (nSPS) is 20.9. The third-order valence-electron chi connectivity index (χ3n) is 4.09. The fraction of sp³-hybridized carbons (Fsp3) is 0.467. The van der Waals surface area contributed by atoms with E-state index in [4.69, 9.17) is 0 Å². The number of aliphatic imine (C=N–C) groups is 1. The Morgan fingerprint density at radius 2 is 1.95 bits per heavy atom. The predicted molar refractivity (Wildman–Crippen MR) is 75.6 cm³/mol. The number of piperidine rings is 1. The summed E-state index contributed by atoms with van der Waals surface area (Å²) in [7, 11) is 0. The van der Waals surface area contributed by atoms with Gasteiger partial charge in [-0.1, -0.05) is 18.2 Å². The molecule has 0 unspecified atom stereocenters. The maximum atomic E-state index is 12.7. The number of nitrogens with zero attached hydrogens (tertiary/aromatic N) is 1. The Hall–Kier alpha value is -1.89. The first-order chi connectivity index (χ1) is 10.4. The van der Waals surface area contributed by atoms with Gasteiger partial charge in [0.25, 0.3) is 5.91 Å². The Kier molecular flexibility index (Phi) is 3.68. The van der Waals surface area contributed by atoms with Crippen LogP contribution in [0.25, 0.3) is 0 Å². The minimum Gasteiger partial charge on any atom is -0.317 e. The lowest BCUT2D eigenvalue weighted by Crippen LogP contribution is -2.47. The molecule has 1 spiro atoms. The van der Waals surface area contributed by atoms with Gasteiger partial charge in [-0.05, 0) is 37.6 Å². The number of benzene rings is 1. The zero-order valence-corrected chi connectivity index (χ0v) is 11.8. The van der Waals surface area contributed by atoms with E-state index in [1.54, 1.807) is 6.07 Å². The average molecular weight is 311 g/mol. The highest BCUT2D eigenvalue weighted by molar-refractivity contribution is 6.08. The molecule has 0 aromatic heterocycles. The average Bonchev–Trinajstić information content (AvgIpc) is 2.75. The van der Waals surface area contributed by atoms with Crippen molar-refractivity contribution in [1.29, 1.82) is 0 Å². The zero-order chi connectivity index (χ0) is 15.8. The van der Waals surface area contributed by atoms with E-state index in [-0.39, 0.29) is 12.3 Å². The summed E-state index contributed by atoms with van der Waals surface area (Å²) in [6.45, 7) is 1.43. The first-order valence-corrected chi connectivity index (χ1v) is 7.16. The van der Waals surface area contributed by atoms with Crippen LogP contribution in [-0.2, 0) is 17.4 Å². The molecule has 0 atom stereocenters. The summed E-state index contributed by atoms with van der Waals surface area (Å²) in [5.41, 5.74) is -0.936. The van der Waals surface area contributed by atoms with E-state index < -0.39 is 17.3 Å². The second-order valence-corrected chi connectivity index (χ2v) is 5.67. The number of nitrogens with one attached hydrogen (secondary N) is 2. The molecule has 1 aromatic rings. The van der Waals surface area contributed by atoms with Crippen LogP contribution >= 0.6 is 0 Å². The molecule has 0 aliphatic carbocycles. The van der Waals surface area contributed by atoms with Crippen molar-refractivity contribution in [1.82, 2.24) is 10.6 Å². The molecular weight excluding hydrogens is 295 g/mol. The lowest BCUT2D eigenvalue weighted by atomic mass is 9.89. The fourth-order valence-corrected chi connectivity index (χ4v) is 2.90. The van der Waals surface area contributed by atoms with Gasteiger partial charge in [0, 0.05) is 6.42 Å². The molecule has 22 heavy (non-hydrogen) atoms. The van der Waals surface area contributed by atoms with Crippen LogP contribution in [0.2, 0.25) is 0 Å². The van der Waals surface area contributed by atoms with Crippen molar-refractivity contribution in [3.8, 4) is 0 Å². The molecule has 2 aliphatic rings. The van der Waals surface area contributed by atoms with Crippen LogP contribution < -0.4 is 10.6 Å². The van der Waals surface area contributed by atoms with Crippen molar-refractivity contribution in [3.05, 3.63) is 35.4 Å². The number of rotatable bonds is 2. The van der Waals surface area contributed by atoms with Crippen molar-refractivity contribution in [3.63, 3.8) is 0 Å². The summed E-state index contributed by atoms with van der Waals surface area (Å²) in [5.74, 6) is 0.308. The topological polar surface area (TPSA) is 53.5 Å². The standard InChI is InChI=1S/C15H16F3N3O/c16-15(17,18)11-3-1-2-10(8-11)9-12-20-13(22)14(21-12)4-6-19-7-5-14/h1-3,8,19H,4-7,9H2,(H,20,21,22). The maximum Gasteiger partial charge on any atom is 0.416 e. The van der Waals surface area contributed by atoms with Crippen molar-refractivity contribution < 1.29 is 18.0 Å². The van der Waals surface area contributed by atoms with Crippen LogP contribution in [0, 0.1) is 0 Å². The Labute approximate surface area is 125 Å². The summed E-state index contributed by atoms with van der Waals surface area (Å²) in [4.78, 5) is 16.6. The van der Waals surface area contributed by atoms with Gasteiger partial charge in [-0.25, -0.2) is 0 Å². The number of amides is 1. The molecule has 1 amide bonds. The molecule has 118 valence electrons. The van der Waals surface area contributed by atoms with Gasteiger partial charge in [0.05, 0.1) is 5.56 Å². The molecule has 1 saturated heterocycles. The van der Waals surface area contributed by atoms with Crippen molar-refractivity contribution in [2.24, 2.45) is 4.99 Å². The molecule has 7 heteroatoms. The van der Waals surface area contributed by atoms with Crippen LogP contribution in [0.3, 0.4) is 0 Å². The van der Waals surface area contributed by atoms with Gasteiger partial charge in [0.2, 0.25) is 0 Å². The molecular formula is C15H16F3N3O. The minimum absolute atomic E-state index is 0.143. The van der Waals surface area contributed by atoms with E-state index in [0.717, 1.165) is 12.1 Å². The summed E-state index contributed by atoms with van der Waals surface area (Å²) >= 11 is 0. The highest BCUT2D eigenvalue weighted by atomic mass is 19.4. The van der Waals surface area contributed by atoms with Gasteiger partial charge in [0.15, 0.2) is 0 Å². The number of hydrogen-bond acceptors (Lipinski definition) is 3. The number of hydrogen-bond donors (Lipinski definition) is 2. The summed E-state index contributed by atoms with van der Waals surface area (Å²) < 4.78 is 38.2. The first kappa shape index (κ1) is 15.0. The van der Waals surface area contributed by atoms with E-state index in [1.807, 2.05) is 0 Å². The Morgan fingerprint density at radius 3 is 2.64 bits per heavy atom. The molecule has 0 radical (unpaired) electrons. The summed E-state index contributed by atoms with van der Waals surface area (Å²) in [6.07, 6.45) is -2.94. The second kappa shape index (κ2) is 5.39. The largest absolute Gasteiger partial charge is 0.416 e. The van der Waals surface area contributed by atoms with Gasteiger partial charge < -0.3 is 10.6 Å². The fourth-order valence-electron chi connectivity index (χ4n) is 2.90. The smallest absolute Gasteiger partial charge is 0.317 e. The Bertz CT molecular complexity index is 619. The number of carbonyl (C=O) groups excluding carboxylic acids is 1. The maximum absolute atomic E-state index is 12.7. The third-order valence-corrected chi connectivity index (χ3v) is 4.09. The quantitative estimate of drug-likeness (QED) is 0.876. The second-order valence-electron chi connectivity index (χ2n) is 5.67. The van der Waals surface area contributed by atoms with E-state index in [2.05, 4.69) is 15.6 Å². The summed E-state index contributed by atoms with van der Waals surface area (Å²) in [5, 5.41) is 5.89. The SMILES string of the molecule is O=C1NC(Cc2cccc(C(F)(F)F)c2)=NC12CCNCC2. The van der Waals surface area contributed by atoms with Crippen molar-refractivity contribution >= 4 is 11.7 Å². The number of carbonyl (C=O) groups is 1. The molecule has 4 nitrogen and oxygen atoms in total. The minimum atomic E-state index is -4.37. The van der Waals surface area contributed by atoms with Crippen LogP contribution in [-0.4, -0.2) is 30.4 Å². The molecule has 0 bridgehead atoms. The number of amidine groups is 1. The van der Waals surface area contributed by atoms with Crippen molar-refractivity contribution in [2.75, 3.05) is 13.1 Å². The van der Waals surface area contributed by atoms with Crippen molar-refractivity contribution in [2.45, 2.75) is 31.0 Å². The molecule has 1 fully saturated rings. The molecule has 0 saturated carbocycles. The molecule has 2 heterocycles. The van der Waals surface area contributed by atoms with Crippen LogP contribution in [0.5, 0.6) is 0 Å². The van der Waals surface area contributed by atoms with Crippen LogP contribution in [0.4, 0.5) is 13.2 Å². The Morgan fingerprint density at radius 1 is 1.23 bits per heavy atom. The molecule has 3 rings (SSSR count). The number of alkyl halides is 3. The van der Waals surface area contributed by atoms with E-state index >= 15 is 0 Å². The molecule has 1 aromatic carbocycles. The highest BCUT2D eigenvalue weighted by Crippen LogP contribution is 2.30. The Balaban J connectivity index is 1.79. The van der Waals surface area contributed by atoms with Crippen LogP contribution in [0.1, 0.15) is 24.0 Å². The van der Waals surface area contributed by atoms with E-state index in [0.29, 0.717) is 37.3 Å². The first-order valence-electron chi connectivity index (χ1n) is 7.16. The number of halogens is 3. The lowest BCUT2D eigenvalue weighted by molar-refractivity contribution is -0.137. The summed E-state index contributed by atoms with van der Waals surface area (Å²) in [6, 6.07) is 5.11. The monoisotopic (exact) mass is 311 g/mol. The van der Waals surface area contributed by atoms with Gasteiger partial charge in [-0.3, -0.25) is 9.79 Å². The van der Waals surface area contributed by atoms with E-state index in [9.17, 15) is 18.0 Å². The van der Waals surface area contributed by atoms with Gasteiger partial charge in [0.1, 0.15) is 11.4 Å². The molecule has 2 N–H and O–H groups in total. The van der Waals surface area contributed by atoms with Gasteiger partial charge in [-0.2, -0.15) is 13.2 Å².